The number of amides is 1. The molecule has 7 heteroatoms. The lowest BCUT2D eigenvalue weighted by Gasteiger charge is -2.18. The second kappa shape index (κ2) is 7.02. The smallest absolute Gasteiger partial charge is 0.260 e. The number of furan rings is 1. The van der Waals surface area contributed by atoms with Crippen LogP contribution in [0.15, 0.2) is 65.3 Å². The quantitative estimate of drug-likeness (QED) is 0.515. The molecule has 4 aromatic rings. The molecule has 0 unspecified atom stereocenters. The number of nitrogens with zero attached hydrogens (tertiary/aromatic N) is 3. The van der Waals surface area contributed by atoms with Crippen molar-refractivity contribution in [2.24, 2.45) is 0 Å². The molecule has 0 saturated carbocycles. The Labute approximate surface area is 157 Å². The van der Waals surface area contributed by atoms with E-state index in [0.29, 0.717) is 26.7 Å². The van der Waals surface area contributed by atoms with Gasteiger partial charge in [-0.25, -0.2) is 9.37 Å². The number of halogens is 1. The Kier molecular flexibility index (Phi) is 4.40. The number of aromatic nitrogens is 1. The Bertz CT molecular complexity index is 1140. The summed E-state index contributed by atoms with van der Waals surface area (Å²) in [5.41, 5.74) is 1.10. The molecule has 0 bridgehead atoms. The molecule has 0 aliphatic rings. The van der Waals surface area contributed by atoms with Gasteiger partial charge in [0.15, 0.2) is 5.13 Å². The Balaban J connectivity index is 1.76. The van der Waals surface area contributed by atoms with E-state index in [-0.39, 0.29) is 18.0 Å². The zero-order chi connectivity index (χ0) is 18.8. The molecule has 0 saturated heterocycles. The van der Waals surface area contributed by atoms with Gasteiger partial charge in [-0.05, 0) is 48.5 Å². The Morgan fingerprint density at radius 2 is 2.00 bits per heavy atom. The van der Waals surface area contributed by atoms with Crippen molar-refractivity contribution in [2.45, 2.75) is 6.54 Å². The van der Waals surface area contributed by atoms with Crippen LogP contribution in [0, 0.1) is 17.1 Å². The number of benzene rings is 2. The average Bonchev–Trinajstić information content (AvgIpc) is 3.36. The molecule has 0 atom stereocenters. The summed E-state index contributed by atoms with van der Waals surface area (Å²) in [4.78, 5) is 18.9. The van der Waals surface area contributed by atoms with Crippen molar-refractivity contribution in [2.75, 3.05) is 4.90 Å². The van der Waals surface area contributed by atoms with Gasteiger partial charge in [0, 0.05) is 5.56 Å². The van der Waals surface area contributed by atoms with Crippen molar-refractivity contribution in [3.63, 3.8) is 0 Å². The van der Waals surface area contributed by atoms with Crippen LogP contribution in [0.25, 0.3) is 10.2 Å². The molecule has 1 amide bonds. The SMILES string of the molecule is N#Cc1ccc(C(=O)N(Cc2ccco2)c2nc3c(F)cccc3s2)cc1. The predicted molar refractivity (Wildman–Crippen MR) is 100.0 cm³/mol. The molecule has 0 aliphatic carbocycles. The monoisotopic (exact) mass is 377 g/mol. The van der Waals surface area contributed by atoms with Gasteiger partial charge in [-0.3, -0.25) is 9.69 Å². The molecule has 0 N–H and O–H groups in total. The largest absolute Gasteiger partial charge is 0.467 e. The molecule has 5 nitrogen and oxygen atoms in total. The van der Waals surface area contributed by atoms with Crippen molar-refractivity contribution in [3.8, 4) is 6.07 Å². The van der Waals surface area contributed by atoms with Crippen molar-refractivity contribution in [1.82, 2.24) is 4.98 Å². The number of para-hydroxylation sites is 1. The van der Waals surface area contributed by atoms with Crippen LogP contribution in [0.5, 0.6) is 0 Å². The van der Waals surface area contributed by atoms with Gasteiger partial charge in [0.25, 0.3) is 5.91 Å². The molecule has 0 radical (unpaired) electrons. The van der Waals surface area contributed by atoms with E-state index < -0.39 is 5.82 Å². The van der Waals surface area contributed by atoms with Gasteiger partial charge in [-0.1, -0.05) is 17.4 Å². The number of hydrogen-bond donors (Lipinski definition) is 0. The number of carbonyl (C=O) groups is 1. The fourth-order valence-electron chi connectivity index (χ4n) is 2.65. The van der Waals surface area contributed by atoms with E-state index in [0.717, 1.165) is 0 Å². The molecule has 2 aromatic carbocycles. The molecule has 0 spiro atoms. The summed E-state index contributed by atoms with van der Waals surface area (Å²) < 4.78 is 20.1. The van der Waals surface area contributed by atoms with Crippen LogP contribution in [0.1, 0.15) is 21.7 Å². The van der Waals surface area contributed by atoms with Gasteiger partial charge in [0.1, 0.15) is 17.1 Å². The second-order valence-corrected chi connectivity index (χ2v) is 6.75. The van der Waals surface area contributed by atoms with Gasteiger partial charge in [-0.15, -0.1) is 0 Å². The number of rotatable bonds is 4. The number of carbonyl (C=O) groups excluding carboxylic acids is 1. The number of thiazole rings is 1. The summed E-state index contributed by atoms with van der Waals surface area (Å²) in [7, 11) is 0. The third-order valence-electron chi connectivity index (χ3n) is 3.99. The summed E-state index contributed by atoms with van der Waals surface area (Å²) in [5.74, 6) is -0.161. The fraction of sp³-hybridized carbons (Fsp3) is 0.0500. The normalized spacial score (nSPS) is 10.7. The fourth-order valence-corrected chi connectivity index (χ4v) is 3.62. The van der Waals surface area contributed by atoms with Gasteiger partial charge in [0.2, 0.25) is 0 Å². The van der Waals surface area contributed by atoms with Gasteiger partial charge < -0.3 is 4.42 Å². The van der Waals surface area contributed by atoms with Crippen LogP contribution in [-0.4, -0.2) is 10.9 Å². The van der Waals surface area contributed by atoms with Crippen molar-refractivity contribution in [3.05, 3.63) is 83.6 Å². The highest BCUT2D eigenvalue weighted by atomic mass is 32.1. The van der Waals surface area contributed by atoms with Crippen molar-refractivity contribution in [1.29, 1.82) is 5.26 Å². The number of nitriles is 1. The molecule has 0 aliphatic heterocycles. The van der Waals surface area contributed by atoms with E-state index >= 15 is 0 Å². The number of hydrogen-bond acceptors (Lipinski definition) is 5. The van der Waals surface area contributed by atoms with E-state index in [2.05, 4.69) is 4.98 Å². The maximum atomic E-state index is 14.0. The molecule has 2 heterocycles. The summed E-state index contributed by atoms with van der Waals surface area (Å²) >= 11 is 1.23. The maximum Gasteiger partial charge on any atom is 0.260 e. The first-order valence-electron chi connectivity index (χ1n) is 8.05. The van der Waals surface area contributed by atoms with Crippen LogP contribution in [0.2, 0.25) is 0 Å². The molecule has 27 heavy (non-hydrogen) atoms. The standard InChI is InChI=1S/C20H12FN3O2S/c21-16-4-1-5-17-18(16)23-20(27-17)24(12-15-3-2-10-26-15)19(25)14-8-6-13(11-22)7-9-14/h1-10H,12H2. The molecule has 2 aromatic heterocycles. The van der Waals surface area contributed by atoms with Crippen LogP contribution in [-0.2, 0) is 6.54 Å². The van der Waals surface area contributed by atoms with E-state index in [1.807, 2.05) is 6.07 Å². The van der Waals surface area contributed by atoms with Crippen LogP contribution < -0.4 is 4.90 Å². The Hall–Kier alpha value is -3.50. The van der Waals surface area contributed by atoms with E-state index in [1.54, 1.807) is 48.5 Å². The molecule has 4 rings (SSSR count). The minimum Gasteiger partial charge on any atom is -0.467 e. The van der Waals surface area contributed by atoms with Crippen LogP contribution in [0.3, 0.4) is 0 Å². The third kappa shape index (κ3) is 3.30. The lowest BCUT2D eigenvalue weighted by Crippen LogP contribution is -2.30. The van der Waals surface area contributed by atoms with Crippen molar-refractivity contribution < 1.29 is 13.6 Å². The molecular weight excluding hydrogens is 365 g/mol. The zero-order valence-corrected chi connectivity index (χ0v) is 14.7. The lowest BCUT2D eigenvalue weighted by atomic mass is 10.1. The summed E-state index contributed by atoms with van der Waals surface area (Å²) in [6, 6.07) is 16.6. The molecular formula is C20H12FN3O2S. The summed E-state index contributed by atoms with van der Waals surface area (Å²) in [6.45, 7) is 0.160. The Morgan fingerprint density at radius 3 is 2.67 bits per heavy atom. The Morgan fingerprint density at radius 1 is 1.19 bits per heavy atom. The molecule has 132 valence electrons. The van der Waals surface area contributed by atoms with Gasteiger partial charge >= 0.3 is 0 Å². The first-order valence-corrected chi connectivity index (χ1v) is 8.87. The third-order valence-corrected chi connectivity index (χ3v) is 5.03. The van der Waals surface area contributed by atoms with E-state index in [4.69, 9.17) is 9.68 Å². The minimum atomic E-state index is -0.432. The zero-order valence-electron chi connectivity index (χ0n) is 13.9. The highest BCUT2D eigenvalue weighted by Crippen LogP contribution is 2.32. The van der Waals surface area contributed by atoms with Crippen LogP contribution in [0.4, 0.5) is 9.52 Å². The highest BCUT2D eigenvalue weighted by molar-refractivity contribution is 7.22. The number of anilines is 1. The minimum absolute atomic E-state index is 0.160. The topological polar surface area (TPSA) is 70.1 Å². The maximum absolute atomic E-state index is 14.0. The van der Waals surface area contributed by atoms with Crippen molar-refractivity contribution >= 4 is 32.6 Å². The van der Waals surface area contributed by atoms with Gasteiger partial charge in [-0.2, -0.15) is 5.26 Å². The number of fused-ring (bicyclic) bond motifs is 1. The van der Waals surface area contributed by atoms with Gasteiger partial charge in [0.05, 0.1) is 29.1 Å². The van der Waals surface area contributed by atoms with Crippen LogP contribution >= 0.6 is 11.3 Å². The highest BCUT2D eigenvalue weighted by Gasteiger charge is 2.23. The first-order chi connectivity index (χ1) is 13.2. The first kappa shape index (κ1) is 16.9. The lowest BCUT2D eigenvalue weighted by molar-refractivity contribution is 0.0983. The summed E-state index contributed by atoms with van der Waals surface area (Å²) in [5, 5.41) is 9.31. The predicted octanol–water partition coefficient (Wildman–Crippen LogP) is 4.75. The second-order valence-electron chi connectivity index (χ2n) is 5.74. The summed E-state index contributed by atoms with van der Waals surface area (Å²) in [6.07, 6.45) is 1.53. The molecule has 0 fully saturated rings. The van der Waals surface area contributed by atoms with E-state index in [1.165, 1.54) is 28.6 Å². The van der Waals surface area contributed by atoms with E-state index in [9.17, 15) is 9.18 Å². The average molecular weight is 377 g/mol.